The molecule has 2 saturated heterocycles. The van der Waals surface area contributed by atoms with Crippen LogP contribution in [-0.4, -0.2) is 50.9 Å². The number of amides is 3. The number of urea groups is 1. The molecule has 2 aromatic rings. The molecule has 188 valence electrons. The van der Waals surface area contributed by atoms with Crippen LogP contribution in [0.1, 0.15) is 49.9 Å². The van der Waals surface area contributed by atoms with Crippen molar-refractivity contribution in [3.63, 3.8) is 0 Å². The van der Waals surface area contributed by atoms with Gasteiger partial charge in [-0.05, 0) is 81.0 Å². The Hall–Kier alpha value is -3.26. The van der Waals surface area contributed by atoms with Crippen molar-refractivity contribution in [1.82, 2.24) is 5.32 Å². The lowest BCUT2D eigenvalue weighted by Gasteiger charge is -2.33. The monoisotopic (exact) mass is 480 g/mol. The Balaban J connectivity index is 1.46. The van der Waals surface area contributed by atoms with E-state index in [-0.39, 0.29) is 18.0 Å². The molecule has 0 spiro atoms. The van der Waals surface area contributed by atoms with Gasteiger partial charge in [-0.1, -0.05) is 6.92 Å². The lowest BCUT2D eigenvalue weighted by atomic mass is 9.97. The van der Waals surface area contributed by atoms with Crippen LogP contribution in [0.15, 0.2) is 42.5 Å². The van der Waals surface area contributed by atoms with Gasteiger partial charge in [-0.3, -0.25) is 4.79 Å². The maximum atomic E-state index is 13.2. The maximum Gasteiger partial charge on any atom is 0.323 e. The molecule has 3 amide bonds. The largest absolute Gasteiger partial charge is 0.494 e. The van der Waals surface area contributed by atoms with E-state index in [1.807, 2.05) is 31.2 Å². The van der Waals surface area contributed by atoms with Crippen LogP contribution in [0.5, 0.6) is 5.75 Å². The van der Waals surface area contributed by atoms with E-state index in [1.165, 1.54) is 0 Å². The maximum absolute atomic E-state index is 13.2. The van der Waals surface area contributed by atoms with Gasteiger partial charge in [0.15, 0.2) is 0 Å². The molecule has 8 heteroatoms. The summed E-state index contributed by atoms with van der Waals surface area (Å²) in [6.07, 6.45) is 4.26. The summed E-state index contributed by atoms with van der Waals surface area (Å²) in [7, 11) is 0. The number of nitrogens with zero attached hydrogens (tertiary/aromatic N) is 1. The SMILES string of the molecule is CCOc1ccc(NC(=O)Nc2ccc(N3CCC(C)CC3)c(C(=O)NCC3CCCO3)c2)cc1. The van der Waals surface area contributed by atoms with E-state index >= 15 is 0 Å². The quantitative estimate of drug-likeness (QED) is 0.501. The molecule has 2 heterocycles. The number of rotatable bonds is 8. The van der Waals surface area contributed by atoms with Crippen molar-refractivity contribution in [2.24, 2.45) is 5.92 Å². The highest BCUT2D eigenvalue weighted by Crippen LogP contribution is 2.29. The fraction of sp³-hybridized carbons (Fsp3) is 0.481. The molecule has 2 aliphatic rings. The van der Waals surface area contributed by atoms with E-state index in [9.17, 15) is 9.59 Å². The molecule has 0 aliphatic carbocycles. The minimum Gasteiger partial charge on any atom is -0.494 e. The highest BCUT2D eigenvalue weighted by Gasteiger charge is 2.23. The Kier molecular flexibility index (Phi) is 8.47. The van der Waals surface area contributed by atoms with Crippen LogP contribution >= 0.6 is 0 Å². The molecule has 1 unspecified atom stereocenters. The zero-order valence-corrected chi connectivity index (χ0v) is 20.6. The molecule has 2 aromatic carbocycles. The van der Waals surface area contributed by atoms with E-state index in [0.29, 0.717) is 36.0 Å². The van der Waals surface area contributed by atoms with Crippen molar-refractivity contribution in [1.29, 1.82) is 0 Å². The van der Waals surface area contributed by atoms with E-state index in [2.05, 4.69) is 27.8 Å². The van der Waals surface area contributed by atoms with Gasteiger partial charge >= 0.3 is 6.03 Å². The van der Waals surface area contributed by atoms with E-state index in [0.717, 1.165) is 56.8 Å². The summed E-state index contributed by atoms with van der Waals surface area (Å²) in [5, 5.41) is 8.71. The average molecular weight is 481 g/mol. The first-order valence-corrected chi connectivity index (χ1v) is 12.6. The molecule has 4 rings (SSSR count). The molecule has 0 aromatic heterocycles. The lowest BCUT2D eigenvalue weighted by Crippen LogP contribution is -2.36. The van der Waals surface area contributed by atoms with Gasteiger partial charge in [0.05, 0.1) is 18.3 Å². The van der Waals surface area contributed by atoms with Gasteiger partial charge in [0.25, 0.3) is 5.91 Å². The van der Waals surface area contributed by atoms with Crippen LogP contribution in [0.3, 0.4) is 0 Å². The van der Waals surface area contributed by atoms with Crippen LogP contribution in [0, 0.1) is 5.92 Å². The summed E-state index contributed by atoms with van der Waals surface area (Å²) >= 11 is 0. The summed E-state index contributed by atoms with van der Waals surface area (Å²) in [4.78, 5) is 28.1. The molecule has 0 radical (unpaired) electrons. The third kappa shape index (κ3) is 6.88. The zero-order chi connectivity index (χ0) is 24.6. The number of ether oxygens (including phenoxy) is 2. The Labute approximate surface area is 207 Å². The van der Waals surface area contributed by atoms with Crippen LogP contribution < -0.4 is 25.6 Å². The lowest BCUT2D eigenvalue weighted by molar-refractivity contribution is 0.0858. The summed E-state index contributed by atoms with van der Waals surface area (Å²) in [5.41, 5.74) is 2.68. The predicted octanol–water partition coefficient (Wildman–Crippen LogP) is 4.87. The molecular weight excluding hydrogens is 444 g/mol. The average Bonchev–Trinajstić information content (AvgIpc) is 3.38. The molecule has 3 N–H and O–H groups in total. The van der Waals surface area contributed by atoms with Gasteiger partial charge in [-0.2, -0.15) is 0 Å². The van der Waals surface area contributed by atoms with Crippen LogP contribution in [-0.2, 0) is 4.74 Å². The molecule has 2 aliphatic heterocycles. The number of hydrogen-bond acceptors (Lipinski definition) is 5. The smallest absolute Gasteiger partial charge is 0.323 e. The molecule has 8 nitrogen and oxygen atoms in total. The van der Waals surface area contributed by atoms with E-state index in [1.54, 1.807) is 18.2 Å². The van der Waals surface area contributed by atoms with Crippen molar-refractivity contribution in [3.05, 3.63) is 48.0 Å². The van der Waals surface area contributed by atoms with Crippen molar-refractivity contribution in [3.8, 4) is 5.75 Å². The Morgan fingerprint density at radius 3 is 2.43 bits per heavy atom. The molecule has 35 heavy (non-hydrogen) atoms. The van der Waals surface area contributed by atoms with Crippen LogP contribution in [0.4, 0.5) is 21.9 Å². The molecule has 0 bridgehead atoms. The Bertz CT molecular complexity index is 997. The van der Waals surface area contributed by atoms with E-state index in [4.69, 9.17) is 9.47 Å². The number of piperidine rings is 1. The third-order valence-corrected chi connectivity index (χ3v) is 6.56. The zero-order valence-electron chi connectivity index (χ0n) is 20.6. The second-order valence-corrected chi connectivity index (χ2v) is 9.28. The standard InChI is InChI=1S/C27H36N4O4/c1-3-34-22-9-6-20(7-10-22)29-27(33)30-21-8-11-25(31-14-12-19(2)13-15-31)24(17-21)26(32)28-18-23-5-4-16-35-23/h6-11,17,19,23H,3-5,12-16,18H2,1-2H3,(H,28,32)(H2,29,30,33). The van der Waals surface area contributed by atoms with Crippen molar-refractivity contribution >= 4 is 29.0 Å². The fourth-order valence-electron chi connectivity index (χ4n) is 4.52. The normalized spacial score (nSPS) is 18.2. The van der Waals surface area contributed by atoms with Crippen molar-refractivity contribution in [2.75, 3.05) is 48.4 Å². The minimum absolute atomic E-state index is 0.0689. The Morgan fingerprint density at radius 2 is 1.74 bits per heavy atom. The Morgan fingerprint density at radius 1 is 1.03 bits per heavy atom. The summed E-state index contributed by atoms with van der Waals surface area (Å²) in [5.74, 6) is 1.29. The minimum atomic E-state index is -0.376. The first kappa shape index (κ1) is 24.9. The van der Waals surface area contributed by atoms with Gasteiger partial charge in [0.1, 0.15) is 5.75 Å². The number of hydrogen-bond donors (Lipinski definition) is 3. The second-order valence-electron chi connectivity index (χ2n) is 9.28. The molecular formula is C27H36N4O4. The van der Waals surface area contributed by atoms with Gasteiger partial charge < -0.3 is 30.3 Å². The number of nitrogens with one attached hydrogen (secondary N) is 3. The van der Waals surface area contributed by atoms with Gasteiger partial charge in [-0.15, -0.1) is 0 Å². The predicted molar refractivity (Wildman–Crippen MR) is 139 cm³/mol. The topological polar surface area (TPSA) is 91.9 Å². The number of benzene rings is 2. The summed E-state index contributed by atoms with van der Waals surface area (Å²) in [6, 6.07) is 12.4. The third-order valence-electron chi connectivity index (χ3n) is 6.56. The first-order valence-electron chi connectivity index (χ1n) is 12.6. The molecule has 1 atom stereocenters. The van der Waals surface area contributed by atoms with Crippen LogP contribution in [0.2, 0.25) is 0 Å². The fourth-order valence-corrected chi connectivity index (χ4v) is 4.52. The van der Waals surface area contributed by atoms with Crippen LogP contribution in [0.25, 0.3) is 0 Å². The van der Waals surface area contributed by atoms with E-state index < -0.39 is 0 Å². The molecule has 0 saturated carbocycles. The first-order chi connectivity index (χ1) is 17.0. The van der Waals surface area contributed by atoms with Gasteiger partial charge in [0, 0.05) is 43.3 Å². The van der Waals surface area contributed by atoms with Crippen molar-refractivity contribution in [2.45, 2.75) is 45.6 Å². The highest BCUT2D eigenvalue weighted by molar-refractivity contribution is 6.04. The summed E-state index contributed by atoms with van der Waals surface area (Å²) < 4.78 is 11.1. The second kappa shape index (κ2) is 11.9. The van der Waals surface area contributed by atoms with Gasteiger partial charge in [-0.25, -0.2) is 4.79 Å². The highest BCUT2D eigenvalue weighted by atomic mass is 16.5. The van der Waals surface area contributed by atoms with Gasteiger partial charge in [0.2, 0.25) is 0 Å². The number of anilines is 3. The number of carbonyl (C=O) groups excluding carboxylic acids is 2. The van der Waals surface area contributed by atoms with Crippen molar-refractivity contribution < 1.29 is 19.1 Å². The molecule has 2 fully saturated rings. The number of carbonyl (C=O) groups is 2. The summed E-state index contributed by atoms with van der Waals surface area (Å²) in [6.45, 7) is 7.85.